The maximum Gasteiger partial charge on any atom is 0.307 e. The van der Waals surface area contributed by atoms with Crippen molar-refractivity contribution >= 4 is 28.9 Å². The molecule has 9 heteroatoms. The number of hydrogen-bond acceptors (Lipinski definition) is 7. The Balaban J connectivity index is 1.45. The number of carbonyl (C=O) groups excluding carboxylic acids is 2. The normalized spacial score (nSPS) is 11.8. The minimum absolute atomic E-state index is 0.000240. The largest absolute Gasteiger partial charge is 0.453 e. The first kappa shape index (κ1) is 18.7. The van der Waals surface area contributed by atoms with Crippen LogP contribution in [0.25, 0.3) is 10.7 Å². The Labute approximate surface area is 158 Å². The molecule has 0 aliphatic carbocycles. The molecule has 140 valence electrons. The van der Waals surface area contributed by atoms with E-state index in [1.54, 1.807) is 0 Å². The van der Waals surface area contributed by atoms with Crippen molar-refractivity contribution < 1.29 is 23.2 Å². The second kappa shape index (κ2) is 8.54. The number of esters is 1. The van der Waals surface area contributed by atoms with Gasteiger partial charge in [-0.15, -0.1) is 11.3 Å². The summed E-state index contributed by atoms with van der Waals surface area (Å²) < 4.78 is 23.1. The molecule has 27 heavy (non-hydrogen) atoms. The summed E-state index contributed by atoms with van der Waals surface area (Å²) in [5.74, 6) is -0.685. The molecular formula is C18H16FN3O4S. The molecule has 3 aromatic rings. The zero-order valence-electron chi connectivity index (χ0n) is 14.3. The lowest BCUT2D eigenvalue weighted by Gasteiger charge is -2.13. The summed E-state index contributed by atoms with van der Waals surface area (Å²) in [5, 5.41) is 8.31. The first-order valence-electron chi connectivity index (χ1n) is 8.13. The number of thiophene rings is 1. The molecule has 1 N–H and O–H groups in total. The molecule has 0 fully saturated rings. The highest BCUT2D eigenvalue weighted by Gasteiger charge is 2.19. The van der Waals surface area contributed by atoms with Crippen molar-refractivity contribution in [3.63, 3.8) is 0 Å². The molecule has 0 bridgehead atoms. The highest BCUT2D eigenvalue weighted by Crippen LogP contribution is 2.21. The second-order valence-electron chi connectivity index (χ2n) is 5.62. The smallest absolute Gasteiger partial charge is 0.307 e. The Morgan fingerprint density at radius 2 is 2.07 bits per heavy atom. The van der Waals surface area contributed by atoms with Gasteiger partial charge in [0.2, 0.25) is 11.7 Å². The molecule has 1 atom stereocenters. The second-order valence-corrected chi connectivity index (χ2v) is 6.56. The van der Waals surface area contributed by atoms with Crippen LogP contribution >= 0.6 is 11.3 Å². The van der Waals surface area contributed by atoms with E-state index >= 15 is 0 Å². The first-order valence-corrected chi connectivity index (χ1v) is 9.01. The van der Waals surface area contributed by atoms with Gasteiger partial charge in [0.1, 0.15) is 5.82 Å². The van der Waals surface area contributed by atoms with Crippen molar-refractivity contribution in [3.8, 4) is 10.7 Å². The summed E-state index contributed by atoms with van der Waals surface area (Å²) in [6, 6.07) is 9.04. The molecular weight excluding hydrogens is 373 g/mol. The van der Waals surface area contributed by atoms with Crippen LogP contribution in [0.2, 0.25) is 0 Å². The summed E-state index contributed by atoms with van der Waals surface area (Å²) >= 11 is 1.48. The highest BCUT2D eigenvalue weighted by molar-refractivity contribution is 7.13. The molecule has 3 rings (SSSR count). The Morgan fingerprint density at radius 3 is 2.78 bits per heavy atom. The predicted molar refractivity (Wildman–Crippen MR) is 96.5 cm³/mol. The van der Waals surface area contributed by atoms with Gasteiger partial charge in [-0.1, -0.05) is 11.2 Å². The quantitative estimate of drug-likeness (QED) is 0.622. The van der Waals surface area contributed by atoms with Gasteiger partial charge in [-0.05, 0) is 42.6 Å². The molecule has 0 aliphatic rings. The number of nitrogens with zero attached hydrogens (tertiary/aromatic N) is 2. The average Bonchev–Trinajstić information content (AvgIpc) is 3.33. The van der Waals surface area contributed by atoms with E-state index in [-0.39, 0.29) is 12.8 Å². The fraction of sp³-hybridized carbons (Fsp3) is 0.222. The van der Waals surface area contributed by atoms with Crippen molar-refractivity contribution in [1.82, 2.24) is 10.1 Å². The van der Waals surface area contributed by atoms with E-state index in [2.05, 4.69) is 15.5 Å². The summed E-state index contributed by atoms with van der Waals surface area (Å²) in [4.78, 5) is 29.0. The van der Waals surface area contributed by atoms with Gasteiger partial charge in [0.05, 0.1) is 11.3 Å². The van der Waals surface area contributed by atoms with E-state index in [0.717, 1.165) is 4.88 Å². The monoisotopic (exact) mass is 389 g/mol. The topological polar surface area (TPSA) is 94.3 Å². The van der Waals surface area contributed by atoms with Gasteiger partial charge in [0, 0.05) is 12.1 Å². The van der Waals surface area contributed by atoms with Crippen LogP contribution in [-0.2, 0) is 20.7 Å². The van der Waals surface area contributed by atoms with Crippen LogP contribution in [0.3, 0.4) is 0 Å². The Hall–Kier alpha value is -3.07. The van der Waals surface area contributed by atoms with Crippen molar-refractivity contribution in [2.24, 2.45) is 0 Å². The van der Waals surface area contributed by atoms with Gasteiger partial charge < -0.3 is 14.6 Å². The molecule has 0 aliphatic heterocycles. The molecule has 0 unspecified atom stereocenters. The van der Waals surface area contributed by atoms with Gasteiger partial charge in [0.25, 0.3) is 5.91 Å². The number of anilines is 1. The number of nitrogens with one attached hydrogen (secondary N) is 1. The van der Waals surface area contributed by atoms with Gasteiger partial charge in [-0.2, -0.15) is 4.98 Å². The van der Waals surface area contributed by atoms with Crippen molar-refractivity contribution in [2.75, 3.05) is 5.32 Å². The third kappa shape index (κ3) is 5.20. The van der Waals surface area contributed by atoms with E-state index in [1.807, 2.05) is 17.5 Å². The Morgan fingerprint density at radius 1 is 1.30 bits per heavy atom. The predicted octanol–water partition coefficient (Wildman–Crippen LogP) is 3.44. The van der Waals surface area contributed by atoms with E-state index in [9.17, 15) is 14.0 Å². The molecule has 2 aromatic heterocycles. The number of ether oxygens (including phenoxy) is 1. The zero-order valence-corrected chi connectivity index (χ0v) is 15.2. The number of rotatable bonds is 7. The molecule has 2 heterocycles. The van der Waals surface area contributed by atoms with E-state index < -0.39 is 23.8 Å². The number of benzene rings is 1. The minimum atomic E-state index is -0.994. The molecule has 0 saturated carbocycles. The van der Waals surface area contributed by atoms with Crippen LogP contribution in [-0.4, -0.2) is 28.1 Å². The molecule has 7 nitrogen and oxygen atoms in total. The Bertz CT molecular complexity index is 909. The number of aromatic nitrogens is 2. The first-order chi connectivity index (χ1) is 13.0. The van der Waals surface area contributed by atoms with E-state index in [0.29, 0.717) is 17.4 Å². The van der Waals surface area contributed by atoms with Crippen LogP contribution < -0.4 is 5.32 Å². The summed E-state index contributed by atoms with van der Waals surface area (Å²) in [6.45, 7) is 1.46. The van der Waals surface area contributed by atoms with Crippen LogP contribution in [0.5, 0.6) is 0 Å². The summed E-state index contributed by atoms with van der Waals surface area (Å²) in [5.41, 5.74) is 0.413. The number of hydrogen-bond donors (Lipinski definition) is 1. The van der Waals surface area contributed by atoms with Gasteiger partial charge in [-0.3, -0.25) is 9.59 Å². The lowest BCUT2D eigenvalue weighted by Crippen LogP contribution is -2.30. The molecule has 0 saturated heterocycles. The molecule has 0 radical (unpaired) electrons. The summed E-state index contributed by atoms with van der Waals surface area (Å²) in [7, 11) is 0. The maximum absolute atomic E-state index is 12.9. The SMILES string of the molecule is C[C@H](OC(=O)CCc1nc(-c2cccs2)no1)C(=O)Nc1ccc(F)cc1. The van der Waals surface area contributed by atoms with Gasteiger partial charge in [0.15, 0.2) is 6.10 Å². The third-order valence-electron chi connectivity index (χ3n) is 3.54. The lowest BCUT2D eigenvalue weighted by atomic mass is 10.3. The zero-order chi connectivity index (χ0) is 19.2. The molecule has 1 amide bonds. The third-order valence-corrected chi connectivity index (χ3v) is 4.41. The van der Waals surface area contributed by atoms with E-state index in [4.69, 9.17) is 9.26 Å². The maximum atomic E-state index is 12.9. The van der Waals surface area contributed by atoms with Crippen LogP contribution in [0.4, 0.5) is 10.1 Å². The van der Waals surface area contributed by atoms with Crippen molar-refractivity contribution in [1.29, 1.82) is 0 Å². The fourth-order valence-electron chi connectivity index (χ4n) is 2.16. The van der Waals surface area contributed by atoms with Gasteiger partial charge >= 0.3 is 5.97 Å². The molecule has 1 aromatic carbocycles. The van der Waals surface area contributed by atoms with Crippen molar-refractivity contribution in [3.05, 3.63) is 53.5 Å². The van der Waals surface area contributed by atoms with Crippen LogP contribution in [0.1, 0.15) is 19.2 Å². The number of halogens is 1. The minimum Gasteiger partial charge on any atom is -0.453 e. The van der Waals surface area contributed by atoms with Crippen molar-refractivity contribution in [2.45, 2.75) is 25.9 Å². The number of carbonyl (C=O) groups is 2. The van der Waals surface area contributed by atoms with Crippen LogP contribution in [0, 0.1) is 5.82 Å². The number of amides is 1. The van der Waals surface area contributed by atoms with Gasteiger partial charge in [-0.25, -0.2) is 4.39 Å². The average molecular weight is 389 g/mol. The standard InChI is InChI=1S/C18H16FN3O4S/c1-11(18(24)20-13-6-4-12(19)5-7-13)25-16(23)9-8-15-21-17(22-26-15)14-3-2-10-27-14/h2-7,10-11H,8-9H2,1H3,(H,20,24)/t11-/m0/s1. The van der Waals surface area contributed by atoms with Crippen LogP contribution in [0.15, 0.2) is 46.3 Å². The fourth-order valence-corrected chi connectivity index (χ4v) is 2.81. The number of aryl methyl sites for hydroxylation is 1. The van der Waals surface area contributed by atoms with E-state index in [1.165, 1.54) is 42.5 Å². The highest BCUT2D eigenvalue weighted by atomic mass is 32.1. The Kier molecular flexibility index (Phi) is 5.92. The lowest BCUT2D eigenvalue weighted by molar-refractivity contribution is -0.153. The summed E-state index contributed by atoms with van der Waals surface area (Å²) in [6.07, 6.45) is -0.782. The molecule has 0 spiro atoms.